The molecule has 4 amide bonds. The molecule has 1 heterocycles. The minimum atomic E-state index is -1.18. The molecule has 1 atom stereocenters. The van der Waals surface area contributed by atoms with Gasteiger partial charge >= 0.3 is 6.03 Å². The number of carbonyl (C=O) groups is 3. The van der Waals surface area contributed by atoms with Crippen molar-refractivity contribution in [3.8, 4) is 0 Å². The zero-order valence-corrected chi connectivity index (χ0v) is 14.9. The largest absolute Gasteiger partial charge is 0.350 e. The minimum Gasteiger partial charge on any atom is -0.350 e. The Morgan fingerprint density at radius 3 is 2.46 bits per heavy atom. The van der Waals surface area contributed by atoms with Gasteiger partial charge in [0.25, 0.3) is 5.91 Å². The molecular formula is C19H18ClN3O3. The fraction of sp³-hybridized carbons (Fsp3) is 0.211. The van der Waals surface area contributed by atoms with Crippen molar-refractivity contribution in [1.29, 1.82) is 0 Å². The Balaban J connectivity index is 1.66. The lowest BCUT2D eigenvalue weighted by Crippen LogP contribution is -2.43. The van der Waals surface area contributed by atoms with Crippen molar-refractivity contribution in [3.05, 3.63) is 70.7 Å². The lowest BCUT2D eigenvalue weighted by Gasteiger charge is -2.22. The van der Waals surface area contributed by atoms with Gasteiger partial charge in [-0.25, -0.2) is 4.79 Å². The summed E-state index contributed by atoms with van der Waals surface area (Å²) in [6.45, 7) is 1.50. The Morgan fingerprint density at radius 1 is 1.12 bits per heavy atom. The molecule has 134 valence electrons. The van der Waals surface area contributed by atoms with Gasteiger partial charge in [0.2, 0.25) is 5.91 Å². The van der Waals surface area contributed by atoms with Crippen molar-refractivity contribution in [1.82, 2.24) is 15.5 Å². The molecule has 2 N–H and O–H groups in total. The summed E-state index contributed by atoms with van der Waals surface area (Å²) in [6.07, 6.45) is 0. The van der Waals surface area contributed by atoms with Crippen LogP contribution in [-0.4, -0.2) is 29.3 Å². The maximum atomic E-state index is 12.7. The molecule has 7 heteroatoms. The number of benzene rings is 2. The first-order chi connectivity index (χ1) is 12.4. The summed E-state index contributed by atoms with van der Waals surface area (Å²) in [5.74, 6) is -0.896. The Hall–Kier alpha value is -2.86. The van der Waals surface area contributed by atoms with Crippen LogP contribution in [0.15, 0.2) is 54.6 Å². The van der Waals surface area contributed by atoms with Crippen molar-refractivity contribution in [2.75, 3.05) is 6.54 Å². The summed E-state index contributed by atoms with van der Waals surface area (Å²) in [7, 11) is 0. The predicted molar refractivity (Wildman–Crippen MR) is 97.3 cm³/mol. The molecule has 0 unspecified atom stereocenters. The molecule has 0 radical (unpaired) electrons. The van der Waals surface area contributed by atoms with E-state index >= 15 is 0 Å². The molecule has 26 heavy (non-hydrogen) atoms. The second-order valence-electron chi connectivity index (χ2n) is 6.18. The van der Waals surface area contributed by atoms with Gasteiger partial charge in [0.05, 0.1) is 0 Å². The van der Waals surface area contributed by atoms with Crippen LogP contribution in [0.25, 0.3) is 0 Å². The van der Waals surface area contributed by atoms with Gasteiger partial charge in [-0.2, -0.15) is 0 Å². The summed E-state index contributed by atoms with van der Waals surface area (Å²) >= 11 is 6.05. The lowest BCUT2D eigenvalue weighted by molar-refractivity contribution is -0.134. The van der Waals surface area contributed by atoms with Crippen molar-refractivity contribution in [2.24, 2.45) is 0 Å². The van der Waals surface area contributed by atoms with Crippen molar-refractivity contribution >= 4 is 29.4 Å². The Kier molecular flexibility index (Phi) is 4.95. The van der Waals surface area contributed by atoms with E-state index in [0.29, 0.717) is 10.6 Å². The van der Waals surface area contributed by atoms with Crippen LogP contribution in [0.2, 0.25) is 5.02 Å². The number of hydrogen-bond donors (Lipinski definition) is 2. The summed E-state index contributed by atoms with van der Waals surface area (Å²) in [6, 6.07) is 15.5. The summed E-state index contributed by atoms with van der Waals surface area (Å²) in [5.41, 5.74) is 0.243. The third kappa shape index (κ3) is 3.41. The number of urea groups is 1. The lowest BCUT2D eigenvalue weighted by atomic mass is 9.92. The van der Waals surface area contributed by atoms with Gasteiger partial charge in [-0.15, -0.1) is 0 Å². The predicted octanol–water partition coefficient (Wildman–Crippen LogP) is 2.42. The molecule has 3 rings (SSSR count). The number of hydrogen-bond acceptors (Lipinski definition) is 3. The number of amides is 4. The van der Waals surface area contributed by atoms with E-state index in [0.717, 1.165) is 10.5 Å². The number of nitrogens with one attached hydrogen (secondary N) is 2. The van der Waals surface area contributed by atoms with Crippen LogP contribution in [0.1, 0.15) is 18.1 Å². The van der Waals surface area contributed by atoms with Gasteiger partial charge in [0.1, 0.15) is 12.1 Å². The summed E-state index contributed by atoms with van der Waals surface area (Å²) < 4.78 is 0. The van der Waals surface area contributed by atoms with Crippen LogP contribution in [-0.2, 0) is 21.7 Å². The Morgan fingerprint density at radius 2 is 1.77 bits per heavy atom. The Bertz CT molecular complexity index is 856. The molecule has 1 saturated heterocycles. The quantitative estimate of drug-likeness (QED) is 0.792. The van der Waals surface area contributed by atoms with Crippen molar-refractivity contribution in [2.45, 2.75) is 19.0 Å². The number of rotatable bonds is 5. The van der Waals surface area contributed by atoms with Crippen LogP contribution >= 0.6 is 11.6 Å². The number of halogens is 1. The van der Waals surface area contributed by atoms with Gasteiger partial charge < -0.3 is 10.6 Å². The SMILES string of the molecule is C[C@@]1(c2ccccc2)NC(=O)N(CC(=O)NCc2ccccc2Cl)C1=O. The van der Waals surface area contributed by atoms with E-state index < -0.39 is 23.4 Å². The monoisotopic (exact) mass is 371 g/mol. The van der Waals surface area contributed by atoms with E-state index in [4.69, 9.17) is 11.6 Å². The van der Waals surface area contributed by atoms with Gasteiger partial charge in [-0.3, -0.25) is 14.5 Å². The molecule has 1 fully saturated rings. The molecule has 6 nitrogen and oxygen atoms in total. The number of nitrogens with zero attached hydrogens (tertiary/aromatic N) is 1. The van der Waals surface area contributed by atoms with Crippen LogP contribution in [0, 0.1) is 0 Å². The van der Waals surface area contributed by atoms with E-state index in [1.165, 1.54) is 0 Å². The van der Waals surface area contributed by atoms with Crippen molar-refractivity contribution in [3.63, 3.8) is 0 Å². The molecule has 0 spiro atoms. The van der Waals surface area contributed by atoms with Crippen molar-refractivity contribution < 1.29 is 14.4 Å². The van der Waals surface area contributed by atoms with Crippen LogP contribution < -0.4 is 10.6 Å². The normalized spacial score (nSPS) is 19.4. The van der Waals surface area contributed by atoms with Gasteiger partial charge in [-0.1, -0.05) is 60.1 Å². The Labute approximate surface area is 156 Å². The first kappa shape index (κ1) is 17.9. The third-order valence-electron chi connectivity index (χ3n) is 4.36. The highest BCUT2D eigenvalue weighted by Gasteiger charge is 2.49. The smallest absolute Gasteiger partial charge is 0.325 e. The molecule has 0 aromatic heterocycles. The van der Waals surface area contributed by atoms with Gasteiger partial charge in [0, 0.05) is 11.6 Å². The molecule has 0 bridgehead atoms. The first-order valence-corrected chi connectivity index (χ1v) is 8.49. The second-order valence-corrected chi connectivity index (χ2v) is 6.59. The molecule has 2 aromatic rings. The number of imide groups is 1. The van der Waals surface area contributed by atoms with Gasteiger partial charge in [0.15, 0.2) is 0 Å². The maximum Gasteiger partial charge on any atom is 0.325 e. The average molecular weight is 372 g/mol. The molecule has 0 saturated carbocycles. The standard InChI is InChI=1S/C19H18ClN3O3/c1-19(14-8-3-2-4-9-14)17(25)23(18(26)22-19)12-16(24)21-11-13-7-5-6-10-15(13)20/h2-10H,11-12H2,1H3,(H,21,24)(H,22,26)/t19-/m0/s1. The first-order valence-electron chi connectivity index (χ1n) is 8.11. The molecule has 2 aromatic carbocycles. The zero-order valence-electron chi connectivity index (χ0n) is 14.2. The minimum absolute atomic E-state index is 0.220. The highest BCUT2D eigenvalue weighted by molar-refractivity contribution is 6.31. The topological polar surface area (TPSA) is 78.5 Å². The van der Waals surface area contributed by atoms with E-state index in [9.17, 15) is 14.4 Å². The highest BCUT2D eigenvalue weighted by Crippen LogP contribution is 2.28. The van der Waals surface area contributed by atoms with E-state index in [2.05, 4.69) is 10.6 Å². The summed E-state index contributed by atoms with van der Waals surface area (Å²) in [5, 5.41) is 5.89. The van der Waals surface area contributed by atoms with Gasteiger partial charge in [-0.05, 0) is 24.1 Å². The fourth-order valence-corrected chi connectivity index (χ4v) is 3.05. The van der Waals surface area contributed by atoms with Crippen LogP contribution in [0.3, 0.4) is 0 Å². The van der Waals surface area contributed by atoms with Crippen LogP contribution in [0.4, 0.5) is 4.79 Å². The fourth-order valence-electron chi connectivity index (χ4n) is 2.84. The maximum absolute atomic E-state index is 12.7. The molecule has 1 aliphatic rings. The summed E-state index contributed by atoms with van der Waals surface area (Å²) in [4.78, 5) is 38.1. The van der Waals surface area contributed by atoms with E-state index in [1.54, 1.807) is 49.4 Å². The second kappa shape index (κ2) is 7.17. The highest BCUT2D eigenvalue weighted by atomic mass is 35.5. The zero-order chi connectivity index (χ0) is 18.7. The van der Waals surface area contributed by atoms with E-state index in [-0.39, 0.29) is 13.1 Å². The number of carbonyl (C=O) groups excluding carboxylic acids is 3. The van der Waals surface area contributed by atoms with Crippen LogP contribution in [0.5, 0.6) is 0 Å². The average Bonchev–Trinajstić information content (AvgIpc) is 2.86. The molecule has 0 aliphatic carbocycles. The molecular weight excluding hydrogens is 354 g/mol. The molecule has 1 aliphatic heterocycles. The third-order valence-corrected chi connectivity index (χ3v) is 4.73. The van der Waals surface area contributed by atoms with E-state index in [1.807, 2.05) is 12.1 Å².